The fourth-order valence-corrected chi connectivity index (χ4v) is 5.55. The molecule has 0 fully saturated rings. The Morgan fingerprint density at radius 3 is 2.88 bits per heavy atom. The Morgan fingerprint density at radius 1 is 1.38 bits per heavy atom. The van der Waals surface area contributed by atoms with Gasteiger partial charge in [-0.2, -0.15) is 0 Å². The zero-order valence-electron chi connectivity index (χ0n) is 13.9. The molecular weight excluding hydrogens is 364 g/mol. The number of hydrogen-bond donors (Lipinski definition) is 1. The van der Waals surface area contributed by atoms with Gasteiger partial charge in [-0.1, -0.05) is 30.4 Å². The van der Waals surface area contributed by atoms with Gasteiger partial charge in [-0.3, -0.25) is 4.79 Å². The molecular formula is C16H20N2O3S3. The predicted octanol–water partition coefficient (Wildman–Crippen LogP) is 4.22. The minimum absolute atomic E-state index is 0.00849. The third kappa shape index (κ3) is 3.87. The van der Waals surface area contributed by atoms with Gasteiger partial charge in [0, 0.05) is 22.6 Å². The van der Waals surface area contributed by atoms with E-state index in [0.29, 0.717) is 6.61 Å². The summed E-state index contributed by atoms with van der Waals surface area (Å²) in [4.78, 5) is 21.6. The van der Waals surface area contributed by atoms with E-state index in [1.807, 2.05) is 0 Å². The lowest BCUT2D eigenvalue weighted by Crippen LogP contribution is -2.30. The van der Waals surface area contributed by atoms with E-state index in [9.17, 15) is 4.79 Å². The van der Waals surface area contributed by atoms with Gasteiger partial charge >= 0.3 is 5.97 Å². The van der Waals surface area contributed by atoms with Crippen LogP contribution in [0.1, 0.15) is 37.6 Å². The van der Waals surface area contributed by atoms with Crippen LogP contribution in [0.5, 0.6) is 0 Å². The predicted molar refractivity (Wildman–Crippen MR) is 99.4 cm³/mol. The van der Waals surface area contributed by atoms with Crippen molar-refractivity contribution in [3.05, 3.63) is 10.4 Å². The lowest BCUT2D eigenvalue weighted by molar-refractivity contribution is -0.133. The molecule has 130 valence electrons. The lowest BCUT2D eigenvalue weighted by Gasteiger charge is -2.29. The standard InChI is InChI=1S/C16H20N2O3S3/c1-4-5-22-15-17-12-9-7-21-16(2,3)6-10(9)24-13(12)14(18-15)23-8-11(19)20/h4-8H2,1-3H3,(H,19,20). The number of carbonyl (C=O) groups is 1. The Labute approximate surface area is 153 Å². The summed E-state index contributed by atoms with van der Waals surface area (Å²) >= 11 is 4.58. The van der Waals surface area contributed by atoms with Crippen LogP contribution in [0.3, 0.4) is 0 Å². The number of thiophene rings is 1. The first-order valence-corrected chi connectivity index (χ1v) is 10.6. The molecule has 1 aliphatic heterocycles. The van der Waals surface area contributed by atoms with Crippen LogP contribution in [0.4, 0.5) is 0 Å². The molecule has 5 nitrogen and oxygen atoms in total. The average molecular weight is 385 g/mol. The van der Waals surface area contributed by atoms with E-state index in [1.165, 1.54) is 16.6 Å². The third-order valence-corrected chi connectivity index (χ3v) is 6.99. The molecule has 8 heteroatoms. The second-order valence-electron chi connectivity index (χ2n) is 6.25. The highest BCUT2D eigenvalue weighted by atomic mass is 32.2. The molecule has 0 spiro atoms. The SMILES string of the molecule is CCCSc1nc(SCC(=O)O)c2sc3c(c2n1)COC(C)(C)C3. The Hall–Kier alpha value is -0.830. The molecule has 0 amide bonds. The first kappa shape index (κ1) is 18.0. The number of nitrogens with zero attached hydrogens (tertiary/aromatic N) is 2. The molecule has 0 aliphatic carbocycles. The van der Waals surface area contributed by atoms with Gasteiger partial charge in [0.2, 0.25) is 0 Å². The maximum absolute atomic E-state index is 11.0. The summed E-state index contributed by atoms with van der Waals surface area (Å²) in [5, 5.41) is 10.5. The second kappa shape index (κ2) is 7.19. The summed E-state index contributed by atoms with van der Waals surface area (Å²) in [6, 6.07) is 0. The summed E-state index contributed by atoms with van der Waals surface area (Å²) in [5.74, 6) is 0.124. The molecule has 0 saturated heterocycles. The topological polar surface area (TPSA) is 72.3 Å². The number of rotatable bonds is 6. The van der Waals surface area contributed by atoms with Gasteiger partial charge in [0.1, 0.15) is 5.03 Å². The summed E-state index contributed by atoms with van der Waals surface area (Å²) in [5.41, 5.74) is 1.91. The van der Waals surface area contributed by atoms with E-state index in [0.717, 1.165) is 44.6 Å². The van der Waals surface area contributed by atoms with Gasteiger partial charge in [-0.15, -0.1) is 11.3 Å². The summed E-state index contributed by atoms with van der Waals surface area (Å²) in [7, 11) is 0. The number of ether oxygens (including phenoxy) is 1. The lowest BCUT2D eigenvalue weighted by atomic mass is 9.98. The second-order valence-corrected chi connectivity index (χ2v) is 9.38. The number of thioether (sulfide) groups is 2. The maximum Gasteiger partial charge on any atom is 0.313 e. The van der Waals surface area contributed by atoms with Crippen molar-refractivity contribution in [2.24, 2.45) is 0 Å². The third-order valence-electron chi connectivity index (χ3n) is 3.62. The van der Waals surface area contributed by atoms with Crippen LogP contribution in [0, 0.1) is 0 Å². The Balaban J connectivity index is 2.06. The van der Waals surface area contributed by atoms with E-state index in [4.69, 9.17) is 14.8 Å². The molecule has 0 aromatic carbocycles. The van der Waals surface area contributed by atoms with Crippen LogP contribution < -0.4 is 0 Å². The van der Waals surface area contributed by atoms with Gasteiger partial charge in [-0.25, -0.2) is 9.97 Å². The number of aliphatic carboxylic acids is 1. The fourth-order valence-electron chi connectivity index (χ4n) is 2.51. The molecule has 0 atom stereocenters. The molecule has 0 unspecified atom stereocenters. The monoisotopic (exact) mass is 384 g/mol. The van der Waals surface area contributed by atoms with E-state index >= 15 is 0 Å². The van der Waals surface area contributed by atoms with Crippen molar-refractivity contribution in [1.29, 1.82) is 0 Å². The maximum atomic E-state index is 11.0. The normalized spacial score (nSPS) is 16.3. The number of aromatic nitrogens is 2. The molecule has 2 aromatic heterocycles. The van der Waals surface area contributed by atoms with Crippen LogP contribution in [-0.2, 0) is 22.6 Å². The van der Waals surface area contributed by atoms with Crippen LogP contribution in [0.25, 0.3) is 10.2 Å². The number of hydrogen-bond acceptors (Lipinski definition) is 7. The Bertz CT molecular complexity index is 774. The number of carboxylic acid groups (broad SMARTS) is 1. The summed E-state index contributed by atoms with van der Waals surface area (Å²) in [6.07, 6.45) is 1.90. The fraction of sp³-hybridized carbons (Fsp3) is 0.562. The average Bonchev–Trinajstić information content (AvgIpc) is 2.86. The highest BCUT2D eigenvalue weighted by Crippen LogP contribution is 2.42. The van der Waals surface area contributed by atoms with Gasteiger partial charge in [0.05, 0.1) is 28.2 Å². The van der Waals surface area contributed by atoms with E-state index < -0.39 is 5.97 Å². The van der Waals surface area contributed by atoms with E-state index in [1.54, 1.807) is 23.1 Å². The van der Waals surface area contributed by atoms with Crippen molar-refractivity contribution in [3.8, 4) is 0 Å². The summed E-state index contributed by atoms with van der Waals surface area (Å²) < 4.78 is 6.95. The molecule has 0 bridgehead atoms. The largest absolute Gasteiger partial charge is 0.481 e. The van der Waals surface area contributed by atoms with Crippen LogP contribution >= 0.6 is 34.9 Å². The molecule has 2 aromatic rings. The van der Waals surface area contributed by atoms with Crippen LogP contribution in [0.15, 0.2) is 10.2 Å². The highest BCUT2D eigenvalue weighted by molar-refractivity contribution is 8.00. The number of fused-ring (bicyclic) bond motifs is 3. The minimum atomic E-state index is -0.833. The van der Waals surface area contributed by atoms with Crippen molar-refractivity contribution >= 4 is 51.0 Å². The van der Waals surface area contributed by atoms with Crippen molar-refractivity contribution < 1.29 is 14.6 Å². The van der Waals surface area contributed by atoms with Gasteiger partial charge < -0.3 is 9.84 Å². The highest BCUT2D eigenvalue weighted by Gasteiger charge is 2.30. The van der Waals surface area contributed by atoms with Crippen molar-refractivity contribution in [1.82, 2.24) is 9.97 Å². The Kier molecular flexibility index (Phi) is 5.39. The molecule has 3 heterocycles. The van der Waals surface area contributed by atoms with E-state index in [2.05, 4.69) is 25.8 Å². The zero-order chi connectivity index (χ0) is 17.3. The van der Waals surface area contributed by atoms with Crippen LogP contribution in [0.2, 0.25) is 0 Å². The quantitative estimate of drug-likeness (QED) is 0.454. The molecule has 1 aliphatic rings. The molecule has 24 heavy (non-hydrogen) atoms. The van der Waals surface area contributed by atoms with Crippen LogP contribution in [-0.4, -0.2) is 38.2 Å². The molecule has 1 N–H and O–H groups in total. The van der Waals surface area contributed by atoms with Gasteiger partial charge in [-0.05, 0) is 20.3 Å². The van der Waals surface area contributed by atoms with Gasteiger partial charge in [0.25, 0.3) is 0 Å². The van der Waals surface area contributed by atoms with Crippen molar-refractivity contribution in [2.45, 2.75) is 56.0 Å². The Morgan fingerprint density at radius 2 is 2.17 bits per heavy atom. The summed E-state index contributed by atoms with van der Waals surface area (Å²) in [6.45, 7) is 6.86. The first-order chi connectivity index (χ1) is 11.4. The van der Waals surface area contributed by atoms with E-state index in [-0.39, 0.29) is 11.4 Å². The smallest absolute Gasteiger partial charge is 0.313 e. The van der Waals surface area contributed by atoms with Crippen molar-refractivity contribution in [2.75, 3.05) is 11.5 Å². The minimum Gasteiger partial charge on any atom is -0.481 e. The number of carboxylic acids is 1. The molecule has 3 rings (SSSR count). The molecule has 0 saturated carbocycles. The zero-order valence-corrected chi connectivity index (χ0v) is 16.4. The van der Waals surface area contributed by atoms with Gasteiger partial charge in [0.15, 0.2) is 5.16 Å². The van der Waals surface area contributed by atoms with Crippen molar-refractivity contribution in [3.63, 3.8) is 0 Å². The molecule has 0 radical (unpaired) electrons. The first-order valence-electron chi connectivity index (χ1n) is 7.83.